The summed E-state index contributed by atoms with van der Waals surface area (Å²) in [6.45, 7) is 2.72. The fourth-order valence-corrected chi connectivity index (χ4v) is 1.63. The summed E-state index contributed by atoms with van der Waals surface area (Å²) < 4.78 is 5.67. The number of phenols is 1. The number of benzene rings is 2. The minimum absolute atomic E-state index is 0.0882. The van der Waals surface area contributed by atoms with Crippen LogP contribution in [0.5, 0.6) is 11.5 Å². The Morgan fingerprint density at radius 1 is 1.06 bits per heavy atom. The van der Waals surface area contributed by atoms with Gasteiger partial charge in [0.2, 0.25) is 0 Å². The molecule has 0 aromatic heterocycles. The summed E-state index contributed by atoms with van der Waals surface area (Å²) in [7, 11) is 0. The highest BCUT2D eigenvalue weighted by atomic mass is 16.5. The normalized spacial score (nSPS) is 12.1. The number of hydrogen-bond acceptors (Lipinski definition) is 3. The third-order valence-corrected chi connectivity index (χ3v) is 2.59. The standard InChI is InChI=1S/C15H17NO2/c1-12(16-11-13-5-3-2-4-6-13)18-15-9-7-14(17)8-10-15/h2-10,12,16-17H,11H2,1H3. The number of phenolic OH excluding ortho intramolecular Hbond substituents is 1. The molecule has 0 aliphatic heterocycles. The fourth-order valence-electron chi connectivity index (χ4n) is 1.63. The minimum atomic E-state index is -0.0882. The molecule has 18 heavy (non-hydrogen) atoms. The van der Waals surface area contributed by atoms with Gasteiger partial charge in [0.25, 0.3) is 0 Å². The maximum Gasteiger partial charge on any atom is 0.147 e. The molecule has 0 bridgehead atoms. The Morgan fingerprint density at radius 3 is 2.39 bits per heavy atom. The third-order valence-electron chi connectivity index (χ3n) is 2.59. The summed E-state index contributed by atoms with van der Waals surface area (Å²) in [6.07, 6.45) is -0.0882. The first-order chi connectivity index (χ1) is 8.74. The molecule has 2 aromatic rings. The van der Waals surface area contributed by atoms with Gasteiger partial charge in [-0.1, -0.05) is 30.3 Å². The Kier molecular flexibility index (Phi) is 4.20. The molecule has 0 aliphatic rings. The molecule has 94 valence electrons. The second-order valence-electron chi connectivity index (χ2n) is 4.12. The zero-order valence-electron chi connectivity index (χ0n) is 10.3. The van der Waals surface area contributed by atoms with Crippen LogP contribution in [0.4, 0.5) is 0 Å². The van der Waals surface area contributed by atoms with E-state index in [1.54, 1.807) is 24.3 Å². The van der Waals surface area contributed by atoms with Crippen molar-refractivity contribution in [2.24, 2.45) is 0 Å². The predicted octanol–water partition coefficient (Wildman–Crippen LogP) is 2.91. The number of aromatic hydroxyl groups is 1. The molecule has 0 amide bonds. The highest BCUT2D eigenvalue weighted by molar-refractivity contribution is 5.30. The van der Waals surface area contributed by atoms with E-state index in [9.17, 15) is 5.11 Å². The Morgan fingerprint density at radius 2 is 1.72 bits per heavy atom. The summed E-state index contributed by atoms with van der Waals surface area (Å²) in [6, 6.07) is 16.9. The van der Waals surface area contributed by atoms with Crippen molar-refractivity contribution in [3.8, 4) is 11.5 Å². The first-order valence-corrected chi connectivity index (χ1v) is 5.97. The minimum Gasteiger partial charge on any atom is -0.508 e. The van der Waals surface area contributed by atoms with Gasteiger partial charge in [-0.25, -0.2) is 0 Å². The van der Waals surface area contributed by atoms with Crippen LogP contribution in [0.15, 0.2) is 54.6 Å². The quantitative estimate of drug-likeness (QED) is 0.793. The van der Waals surface area contributed by atoms with Crippen LogP contribution >= 0.6 is 0 Å². The largest absolute Gasteiger partial charge is 0.508 e. The number of nitrogens with one attached hydrogen (secondary N) is 1. The third kappa shape index (κ3) is 3.79. The SMILES string of the molecule is CC(NCc1ccccc1)Oc1ccc(O)cc1. The van der Waals surface area contributed by atoms with Gasteiger partial charge in [-0.15, -0.1) is 0 Å². The van der Waals surface area contributed by atoms with Gasteiger partial charge in [0.15, 0.2) is 0 Å². The predicted molar refractivity (Wildman–Crippen MR) is 71.5 cm³/mol. The summed E-state index contributed by atoms with van der Waals surface area (Å²) in [5, 5.41) is 12.4. The van der Waals surface area contributed by atoms with Gasteiger partial charge < -0.3 is 9.84 Å². The number of ether oxygens (including phenoxy) is 1. The topological polar surface area (TPSA) is 41.5 Å². The van der Waals surface area contributed by atoms with Crippen LogP contribution in [-0.2, 0) is 6.54 Å². The second-order valence-corrected chi connectivity index (χ2v) is 4.12. The van der Waals surface area contributed by atoms with E-state index in [-0.39, 0.29) is 12.0 Å². The first kappa shape index (κ1) is 12.5. The average molecular weight is 243 g/mol. The van der Waals surface area contributed by atoms with E-state index in [1.165, 1.54) is 5.56 Å². The van der Waals surface area contributed by atoms with E-state index in [0.717, 1.165) is 12.3 Å². The van der Waals surface area contributed by atoms with Gasteiger partial charge in [-0.2, -0.15) is 0 Å². The Bertz CT molecular complexity index is 468. The van der Waals surface area contributed by atoms with Crippen LogP contribution in [0, 0.1) is 0 Å². The molecule has 1 atom stereocenters. The highest BCUT2D eigenvalue weighted by Gasteiger charge is 2.03. The molecule has 3 heteroatoms. The van der Waals surface area contributed by atoms with Gasteiger partial charge >= 0.3 is 0 Å². The summed E-state index contributed by atoms with van der Waals surface area (Å²) in [5.74, 6) is 0.980. The van der Waals surface area contributed by atoms with Crippen molar-refractivity contribution in [3.05, 3.63) is 60.2 Å². The maximum atomic E-state index is 9.17. The summed E-state index contributed by atoms with van der Waals surface area (Å²) in [4.78, 5) is 0. The molecule has 0 aliphatic carbocycles. The van der Waals surface area contributed by atoms with Crippen molar-refractivity contribution >= 4 is 0 Å². The number of hydrogen-bond donors (Lipinski definition) is 2. The Labute approximate surface area is 107 Å². The van der Waals surface area contributed by atoms with E-state index in [4.69, 9.17) is 4.74 Å². The summed E-state index contributed by atoms with van der Waals surface area (Å²) >= 11 is 0. The maximum absolute atomic E-state index is 9.17. The van der Waals surface area contributed by atoms with E-state index in [0.29, 0.717) is 0 Å². The molecule has 0 saturated heterocycles. The molecular formula is C15H17NO2. The molecule has 0 radical (unpaired) electrons. The molecule has 2 N–H and O–H groups in total. The molecule has 0 heterocycles. The van der Waals surface area contributed by atoms with Gasteiger partial charge in [0, 0.05) is 6.54 Å². The van der Waals surface area contributed by atoms with Gasteiger partial charge in [0.05, 0.1) is 0 Å². The van der Waals surface area contributed by atoms with E-state index < -0.39 is 0 Å². The van der Waals surface area contributed by atoms with E-state index in [1.807, 2.05) is 25.1 Å². The van der Waals surface area contributed by atoms with Crippen LogP contribution in [0.25, 0.3) is 0 Å². The second kappa shape index (κ2) is 6.07. The molecule has 3 nitrogen and oxygen atoms in total. The lowest BCUT2D eigenvalue weighted by Crippen LogP contribution is -2.30. The van der Waals surface area contributed by atoms with Gasteiger partial charge in [0.1, 0.15) is 17.7 Å². The van der Waals surface area contributed by atoms with Crippen molar-refractivity contribution in [2.75, 3.05) is 0 Å². The Balaban J connectivity index is 1.82. The lowest BCUT2D eigenvalue weighted by atomic mass is 10.2. The van der Waals surface area contributed by atoms with Crippen LogP contribution in [0.2, 0.25) is 0 Å². The van der Waals surface area contributed by atoms with E-state index in [2.05, 4.69) is 17.4 Å². The zero-order valence-corrected chi connectivity index (χ0v) is 10.3. The van der Waals surface area contributed by atoms with Gasteiger partial charge in [-0.3, -0.25) is 5.32 Å². The van der Waals surface area contributed by atoms with Crippen molar-refractivity contribution in [2.45, 2.75) is 19.7 Å². The smallest absolute Gasteiger partial charge is 0.147 e. The highest BCUT2D eigenvalue weighted by Crippen LogP contribution is 2.16. The summed E-state index contributed by atoms with van der Waals surface area (Å²) in [5.41, 5.74) is 1.22. The van der Waals surface area contributed by atoms with Crippen LogP contribution in [0.1, 0.15) is 12.5 Å². The van der Waals surface area contributed by atoms with Crippen LogP contribution in [-0.4, -0.2) is 11.3 Å². The van der Waals surface area contributed by atoms with Crippen molar-refractivity contribution < 1.29 is 9.84 Å². The lowest BCUT2D eigenvalue weighted by molar-refractivity contribution is 0.181. The van der Waals surface area contributed by atoms with E-state index >= 15 is 0 Å². The fraction of sp³-hybridized carbons (Fsp3) is 0.200. The van der Waals surface area contributed by atoms with Crippen molar-refractivity contribution in [3.63, 3.8) is 0 Å². The Hall–Kier alpha value is -2.00. The molecule has 2 aromatic carbocycles. The molecule has 0 fully saturated rings. The number of rotatable bonds is 5. The molecule has 2 rings (SSSR count). The van der Waals surface area contributed by atoms with Crippen molar-refractivity contribution in [1.29, 1.82) is 0 Å². The van der Waals surface area contributed by atoms with Crippen LogP contribution < -0.4 is 10.1 Å². The monoisotopic (exact) mass is 243 g/mol. The lowest BCUT2D eigenvalue weighted by Gasteiger charge is -2.16. The first-order valence-electron chi connectivity index (χ1n) is 5.97. The van der Waals surface area contributed by atoms with Crippen molar-refractivity contribution in [1.82, 2.24) is 5.32 Å². The van der Waals surface area contributed by atoms with Gasteiger partial charge in [-0.05, 0) is 36.8 Å². The van der Waals surface area contributed by atoms with Crippen LogP contribution in [0.3, 0.4) is 0 Å². The molecule has 0 saturated carbocycles. The molecular weight excluding hydrogens is 226 g/mol. The zero-order chi connectivity index (χ0) is 12.8. The molecule has 0 spiro atoms. The average Bonchev–Trinajstić information content (AvgIpc) is 2.40. The molecule has 1 unspecified atom stereocenters.